The van der Waals surface area contributed by atoms with Crippen LogP contribution in [-0.4, -0.2) is 53.7 Å². The minimum absolute atomic E-state index is 0.0879. The normalized spacial score (nSPS) is 25.1. The number of nitrogens with zero attached hydrogens (tertiary/aromatic N) is 2. The molecule has 0 aliphatic carbocycles. The van der Waals surface area contributed by atoms with Crippen LogP contribution in [0.25, 0.3) is 0 Å². The highest BCUT2D eigenvalue weighted by molar-refractivity contribution is 7.96. The largest absolute Gasteiger partial charge is 0.303 e. The van der Waals surface area contributed by atoms with Gasteiger partial charge in [0, 0.05) is 18.5 Å². The van der Waals surface area contributed by atoms with Gasteiger partial charge in [-0.2, -0.15) is 0 Å². The van der Waals surface area contributed by atoms with Gasteiger partial charge in [-0.15, -0.1) is 12.6 Å². The Morgan fingerprint density at radius 2 is 1.68 bits per heavy atom. The summed E-state index contributed by atoms with van der Waals surface area (Å²) in [4.78, 5) is 16.4. The van der Waals surface area contributed by atoms with Crippen molar-refractivity contribution < 1.29 is 4.79 Å². The summed E-state index contributed by atoms with van der Waals surface area (Å²) in [6.45, 7) is 10.5. The van der Waals surface area contributed by atoms with Crippen molar-refractivity contribution in [1.29, 1.82) is 0 Å². The van der Waals surface area contributed by atoms with Gasteiger partial charge in [0.05, 0.1) is 0 Å². The number of carbonyl (C=O) groups excluding carboxylic acids is 1. The molecule has 0 saturated carbocycles. The van der Waals surface area contributed by atoms with Crippen LogP contribution >= 0.6 is 12.6 Å². The molecule has 0 bridgehead atoms. The first-order valence-electron chi connectivity index (χ1n) is 7.75. The van der Waals surface area contributed by atoms with Crippen LogP contribution in [0.15, 0.2) is 0 Å². The lowest BCUT2D eigenvalue weighted by molar-refractivity contribution is -0.115. The molecular formula is C15H28N2OS. The number of carbonyl (C=O) groups is 1. The molecule has 2 heterocycles. The zero-order valence-electron chi connectivity index (χ0n) is 12.3. The molecule has 0 atom stereocenters. The Bertz CT molecular complexity index is 293. The molecule has 4 heteroatoms. The summed E-state index contributed by atoms with van der Waals surface area (Å²) in [5.41, 5.74) is 0. The van der Waals surface area contributed by atoms with Crippen LogP contribution in [0.2, 0.25) is 0 Å². The Kier molecular flexibility index (Phi) is 5.72. The van der Waals surface area contributed by atoms with E-state index in [1.165, 1.54) is 32.5 Å². The molecule has 2 fully saturated rings. The number of hydrogen-bond donors (Lipinski definition) is 1. The lowest BCUT2D eigenvalue weighted by Gasteiger charge is -2.38. The highest BCUT2D eigenvalue weighted by Gasteiger charge is 2.26. The molecule has 0 aromatic heterocycles. The third kappa shape index (κ3) is 4.47. The molecule has 0 radical (unpaired) electrons. The van der Waals surface area contributed by atoms with E-state index in [0.29, 0.717) is 6.04 Å². The summed E-state index contributed by atoms with van der Waals surface area (Å²) in [5.74, 6) is 1.07. The summed E-state index contributed by atoms with van der Waals surface area (Å²) < 4.78 is 0. The maximum Gasteiger partial charge on any atom is 0.189 e. The van der Waals surface area contributed by atoms with Crippen LogP contribution in [-0.2, 0) is 4.79 Å². The van der Waals surface area contributed by atoms with E-state index < -0.39 is 0 Å². The van der Waals surface area contributed by atoms with Crippen molar-refractivity contribution in [2.24, 2.45) is 11.8 Å². The quantitative estimate of drug-likeness (QED) is 0.801. The summed E-state index contributed by atoms with van der Waals surface area (Å²) >= 11 is 3.97. The Labute approximate surface area is 123 Å². The van der Waals surface area contributed by atoms with Gasteiger partial charge in [0.15, 0.2) is 5.12 Å². The van der Waals surface area contributed by atoms with Gasteiger partial charge in [0.25, 0.3) is 0 Å². The topological polar surface area (TPSA) is 23.6 Å². The Morgan fingerprint density at radius 3 is 2.16 bits per heavy atom. The van der Waals surface area contributed by atoms with Crippen LogP contribution in [0.1, 0.15) is 39.5 Å². The summed E-state index contributed by atoms with van der Waals surface area (Å²) in [6.07, 6.45) is 4.69. The van der Waals surface area contributed by atoms with Crippen LogP contribution < -0.4 is 0 Å². The molecule has 0 aromatic carbocycles. The average molecular weight is 284 g/mol. The van der Waals surface area contributed by atoms with Crippen molar-refractivity contribution in [1.82, 2.24) is 9.80 Å². The van der Waals surface area contributed by atoms with Crippen molar-refractivity contribution in [2.45, 2.75) is 45.6 Å². The Balaban J connectivity index is 1.68. The predicted octanol–water partition coefficient (Wildman–Crippen LogP) is 2.28. The zero-order valence-corrected chi connectivity index (χ0v) is 13.2. The van der Waals surface area contributed by atoms with E-state index >= 15 is 0 Å². The molecule has 0 aromatic rings. The zero-order chi connectivity index (χ0) is 13.8. The van der Waals surface area contributed by atoms with Crippen molar-refractivity contribution >= 4 is 17.7 Å². The second kappa shape index (κ2) is 7.09. The van der Waals surface area contributed by atoms with E-state index in [-0.39, 0.29) is 11.0 Å². The molecule has 110 valence electrons. The molecule has 0 amide bonds. The van der Waals surface area contributed by atoms with Gasteiger partial charge in [-0.25, -0.2) is 0 Å². The molecule has 2 saturated heterocycles. The highest BCUT2D eigenvalue weighted by Crippen LogP contribution is 2.24. The summed E-state index contributed by atoms with van der Waals surface area (Å²) in [6, 6.07) is 0.693. The van der Waals surface area contributed by atoms with Gasteiger partial charge in [-0.3, -0.25) is 4.79 Å². The fourth-order valence-electron chi connectivity index (χ4n) is 3.38. The van der Waals surface area contributed by atoms with Crippen LogP contribution in [0.5, 0.6) is 0 Å². The molecule has 2 aliphatic rings. The Morgan fingerprint density at radius 1 is 1.11 bits per heavy atom. The van der Waals surface area contributed by atoms with Crippen molar-refractivity contribution in [3.8, 4) is 0 Å². The monoisotopic (exact) mass is 284 g/mol. The fraction of sp³-hybridized carbons (Fsp3) is 0.933. The Hall–Kier alpha value is -0.0600. The molecule has 0 spiro atoms. The number of likely N-dealkylation sites (tertiary alicyclic amines) is 2. The van der Waals surface area contributed by atoms with Gasteiger partial charge in [-0.05, 0) is 71.6 Å². The molecule has 19 heavy (non-hydrogen) atoms. The molecule has 2 aliphatic heterocycles. The number of hydrogen-bond acceptors (Lipinski definition) is 3. The molecule has 2 rings (SSSR count). The van der Waals surface area contributed by atoms with Gasteiger partial charge in [0.1, 0.15) is 0 Å². The maximum absolute atomic E-state index is 11.2. The van der Waals surface area contributed by atoms with E-state index in [2.05, 4.69) is 36.3 Å². The van der Waals surface area contributed by atoms with Gasteiger partial charge >= 0.3 is 0 Å². The van der Waals surface area contributed by atoms with Crippen molar-refractivity contribution in [3.63, 3.8) is 0 Å². The molecule has 0 unspecified atom stereocenters. The average Bonchev–Trinajstić information content (AvgIpc) is 2.40. The van der Waals surface area contributed by atoms with Gasteiger partial charge in [-0.1, -0.05) is 0 Å². The number of piperidine rings is 2. The maximum atomic E-state index is 11.2. The molecular weight excluding hydrogens is 256 g/mol. The van der Waals surface area contributed by atoms with E-state index in [1.807, 2.05) is 0 Å². The summed E-state index contributed by atoms with van der Waals surface area (Å²) in [7, 11) is 0. The van der Waals surface area contributed by atoms with E-state index in [0.717, 1.165) is 31.8 Å². The van der Waals surface area contributed by atoms with Crippen LogP contribution in [0.4, 0.5) is 0 Å². The SMILES string of the molecule is CC(C)N1CCC(CN2CCC(C(=O)S)CC2)CC1. The first-order chi connectivity index (χ1) is 9.06. The second-order valence-corrected chi connectivity index (χ2v) is 6.93. The van der Waals surface area contributed by atoms with E-state index in [9.17, 15) is 4.79 Å². The highest BCUT2D eigenvalue weighted by atomic mass is 32.1. The summed E-state index contributed by atoms with van der Waals surface area (Å²) in [5, 5.41) is 0.0879. The van der Waals surface area contributed by atoms with E-state index in [4.69, 9.17) is 0 Å². The third-order valence-corrected chi connectivity index (χ3v) is 5.20. The van der Waals surface area contributed by atoms with Crippen LogP contribution in [0, 0.1) is 11.8 Å². The van der Waals surface area contributed by atoms with Gasteiger partial charge < -0.3 is 9.80 Å². The third-order valence-electron chi connectivity index (χ3n) is 4.83. The van der Waals surface area contributed by atoms with Crippen LogP contribution in [0.3, 0.4) is 0 Å². The van der Waals surface area contributed by atoms with E-state index in [1.54, 1.807) is 0 Å². The van der Waals surface area contributed by atoms with Gasteiger partial charge in [0.2, 0.25) is 0 Å². The molecule has 0 N–H and O–H groups in total. The first-order valence-corrected chi connectivity index (χ1v) is 8.20. The smallest absolute Gasteiger partial charge is 0.189 e. The lowest BCUT2D eigenvalue weighted by atomic mass is 9.93. The fourth-order valence-corrected chi connectivity index (χ4v) is 3.64. The standard InChI is InChI=1S/C15H28N2OS/c1-12(2)17-9-3-13(4-10-17)11-16-7-5-14(6-8-16)15(18)19/h12-14H,3-11H2,1-2H3,(H,18,19). The lowest BCUT2D eigenvalue weighted by Crippen LogP contribution is -2.43. The first kappa shape index (κ1) is 15.3. The number of thiol groups is 1. The molecule has 3 nitrogen and oxygen atoms in total. The minimum Gasteiger partial charge on any atom is -0.303 e. The number of rotatable bonds is 4. The second-order valence-electron chi connectivity index (χ2n) is 6.49. The minimum atomic E-state index is 0.0879. The predicted molar refractivity (Wildman–Crippen MR) is 82.6 cm³/mol. The van der Waals surface area contributed by atoms with Crippen molar-refractivity contribution in [3.05, 3.63) is 0 Å². The van der Waals surface area contributed by atoms with Crippen molar-refractivity contribution in [2.75, 3.05) is 32.7 Å².